The van der Waals surface area contributed by atoms with Crippen molar-refractivity contribution in [3.63, 3.8) is 0 Å². The molecule has 11 heteroatoms. The number of halogens is 4. The van der Waals surface area contributed by atoms with Crippen LogP contribution >= 0.6 is 11.6 Å². The Hall–Kier alpha value is -3.11. The van der Waals surface area contributed by atoms with Gasteiger partial charge in [-0.25, -0.2) is 9.59 Å². The first kappa shape index (κ1) is 27.5. The van der Waals surface area contributed by atoms with Crippen molar-refractivity contribution >= 4 is 29.3 Å². The second-order valence-corrected chi connectivity index (χ2v) is 11.4. The van der Waals surface area contributed by atoms with Gasteiger partial charge in [0.1, 0.15) is 11.4 Å². The number of rotatable bonds is 4. The maximum atomic E-state index is 12.3. The topological polar surface area (TPSA) is 77.4 Å². The summed E-state index contributed by atoms with van der Waals surface area (Å²) in [5, 5.41) is 4.92. The number of alkyl halides is 3. The van der Waals surface area contributed by atoms with Crippen LogP contribution in [-0.2, 0) is 26.3 Å². The van der Waals surface area contributed by atoms with Crippen molar-refractivity contribution in [2.24, 2.45) is 5.16 Å². The normalized spacial score (nSPS) is 20.0. The summed E-state index contributed by atoms with van der Waals surface area (Å²) in [6.45, 7) is 7.48. The predicted octanol–water partition coefficient (Wildman–Crippen LogP) is 5.81. The van der Waals surface area contributed by atoms with Crippen LogP contribution in [0.5, 0.6) is 5.75 Å². The van der Waals surface area contributed by atoms with E-state index < -0.39 is 23.7 Å². The lowest BCUT2D eigenvalue weighted by Crippen LogP contribution is -2.44. The van der Waals surface area contributed by atoms with Gasteiger partial charge in [0.25, 0.3) is 0 Å². The third-order valence-electron chi connectivity index (χ3n) is 7.69. The molecule has 39 heavy (non-hydrogen) atoms. The molecule has 0 aromatic heterocycles. The Morgan fingerprint density at radius 3 is 2.46 bits per heavy atom. The lowest BCUT2D eigenvalue weighted by atomic mass is 9.79. The molecule has 0 saturated carbocycles. The number of piperidine rings is 1. The van der Waals surface area contributed by atoms with Gasteiger partial charge in [0.2, 0.25) is 0 Å². The Labute approximate surface area is 228 Å². The number of ether oxygens (including phenoxy) is 2. The summed E-state index contributed by atoms with van der Waals surface area (Å²) in [5.74, 6) is -3.13. The Bertz CT molecular complexity index is 1320. The molecule has 0 unspecified atom stereocenters. The SMILES string of the molecule is CC1(C)CCOc2c(Cl)cc(CN3CCC4(CC3)CC(c3ccc(C(=O)OC(=O)C(F)(F)F)cc3)=NO4)cc21. The minimum atomic E-state index is -5.24. The van der Waals surface area contributed by atoms with E-state index in [0.717, 1.165) is 55.8 Å². The maximum absolute atomic E-state index is 12.3. The van der Waals surface area contributed by atoms with Gasteiger partial charge >= 0.3 is 18.1 Å². The number of benzene rings is 2. The van der Waals surface area contributed by atoms with Crippen LogP contribution in [0.4, 0.5) is 13.2 Å². The van der Waals surface area contributed by atoms with Gasteiger partial charge in [0.05, 0.1) is 22.9 Å². The molecule has 208 valence electrons. The lowest BCUT2D eigenvalue weighted by molar-refractivity contribution is -0.193. The number of fused-ring (bicyclic) bond motifs is 1. The van der Waals surface area contributed by atoms with Crippen LogP contribution in [0.3, 0.4) is 0 Å². The summed E-state index contributed by atoms with van der Waals surface area (Å²) in [6, 6.07) is 9.89. The monoisotopic (exact) mass is 564 g/mol. The molecule has 0 atom stereocenters. The fourth-order valence-electron chi connectivity index (χ4n) is 5.25. The Balaban J connectivity index is 1.17. The molecule has 0 N–H and O–H groups in total. The maximum Gasteiger partial charge on any atom is 0.491 e. The van der Waals surface area contributed by atoms with E-state index in [1.165, 1.54) is 12.1 Å². The van der Waals surface area contributed by atoms with Crippen molar-refractivity contribution < 1.29 is 37.1 Å². The van der Waals surface area contributed by atoms with Crippen LogP contribution in [-0.4, -0.2) is 54.0 Å². The second-order valence-electron chi connectivity index (χ2n) is 11.0. The van der Waals surface area contributed by atoms with Gasteiger partial charge in [-0.2, -0.15) is 13.2 Å². The van der Waals surface area contributed by atoms with E-state index in [1.54, 1.807) is 12.1 Å². The van der Waals surface area contributed by atoms with Gasteiger partial charge in [-0.15, -0.1) is 0 Å². The van der Waals surface area contributed by atoms with Gasteiger partial charge in [-0.1, -0.05) is 48.8 Å². The summed E-state index contributed by atoms with van der Waals surface area (Å²) in [5.41, 5.74) is 3.08. The molecule has 2 aromatic carbocycles. The third-order valence-corrected chi connectivity index (χ3v) is 7.97. The molecule has 7 nitrogen and oxygen atoms in total. The summed E-state index contributed by atoms with van der Waals surface area (Å²) in [4.78, 5) is 31.0. The highest BCUT2D eigenvalue weighted by Gasteiger charge is 2.43. The third kappa shape index (κ3) is 5.77. The molecule has 1 spiro atoms. The van der Waals surface area contributed by atoms with E-state index in [4.69, 9.17) is 21.2 Å². The Morgan fingerprint density at radius 2 is 1.79 bits per heavy atom. The van der Waals surface area contributed by atoms with Crippen LogP contribution in [0, 0.1) is 0 Å². The molecule has 0 aliphatic carbocycles. The molecule has 3 heterocycles. The Kier molecular flexibility index (Phi) is 7.13. The number of esters is 2. The molecule has 2 aromatic rings. The first-order chi connectivity index (χ1) is 18.4. The van der Waals surface area contributed by atoms with Gasteiger partial charge < -0.3 is 14.3 Å². The fourth-order valence-corrected chi connectivity index (χ4v) is 5.55. The van der Waals surface area contributed by atoms with Gasteiger partial charge in [0, 0.05) is 44.5 Å². The zero-order chi connectivity index (χ0) is 28.0. The van der Waals surface area contributed by atoms with Crippen molar-refractivity contribution in [2.45, 2.75) is 63.3 Å². The Morgan fingerprint density at radius 1 is 1.10 bits per heavy atom. The molecule has 3 aliphatic rings. The van der Waals surface area contributed by atoms with Crippen LogP contribution in [0.2, 0.25) is 5.02 Å². The highest BCUT2D eigenvalue weighted by atomic mass is 35.5. The quantitative estimate of drug-likeness (QED) is 0.345. The van der Waals surface area contributed by atoms with Crippen molar-refractivity contribution in [3.05, 3.63) is 63.7 Å². The van der Waals surface area contributed by atoms with Gasteiger partial charge in [0.15, 0.2) is 0 Å². The highest BCUT2D eigenvalue weighted by Crippen LogP contribution is 2.43. The highest BCUT2D eigenvalue weighted by molar-refractivity contribution is 6.32. The molecule has 5 rings (SSSR count). The molecule has 3 aliphatic heterocycles. The summed E-state index contributed by atoms with van der Waals surface area (Å²) in [7, 11) is 0. The summed E-state index contributed by atoms with van der Waals surface area (Å²) >= 11 is 6.57. The van der Waals surface area contributed by atoms with Crippen LogP contribution in [0.15, 0.2) is 41.6 Å². The molecule has 1 fully saturated rings. The molecular weight excluding hydrogens is 537 g/mol. The van der Waals surface area contributed by atoms with E-state index >= 15 is 0 Å². The number of carbonyl (C=O) groups excluding carboxylic acids is 2. The van der Waals surface area contributed by atoms with E-state index in [-0.39, 0.29) is 11.0 Å². The zero-order valence-electron chi connectivity index (χ0n) is 21.6. The minimum absolute atomic E-state index is 0.00359. The smallest absolute Gasteiger partial charge is 0.491 e. The van der Waals surface area contributed by atoms with E-state index in [0.29, 0.717) is 29.3 Å². The average Bonchev–Trinajstić information content (AvgIpc) is 3.29. The van der Waals surface area contributed by atoms with E-state index in [9.17, 15) is 22.8 Å². The first-order valence-electron chi connectivity index (χ1n) is 12.7. The summed E-state index contributed by atoms with van der Waals surface area (Å²) < 4.78 is 46.7. The van der Waals surface area contributed by atoms with Crippen molar-refractivity contribution in [2.75, 3.05) is 19.7 Å². The van der Waals surface area contributed by atoms with Crippen LogP contribution in [0.1, 0.15) is 66.6 Å². The molecule has 0 radical (unpaired) electrons. The fraction of sp³-hybridized carbons (Fsp3) is 0.464. The molecule has 0 amide bonds. The molecule has 0 bridgehead atoms. The molecular formula is C28H28ClF3N2O5. The lowest BCUT2D eigenvalue weighted by Gasteiger charge is -2.38. The van der Waals surface area contributed by atoms with Crippen molar-refractivity contribution in [1.29, 1.82) is 0 Å². The van der Waals surface area contributed by atoms with Gasteiger partial charge in [-0.05, 0) is 41.2 Å². The number of nitrogens with zero attached hydrogens (tertiary/aromatic N) is 2. The predicted molar refractivity (Wildman–Crippen MR) is 137 cm³/mol. The van der Waals surface area contributed by atoms with Crippen LogP contribution < -0.4 is 4.74 Å². The van der Waals surface area contributed by atoms with E-state index in [2.05, 4.69) is 34.7 Å². The second kappa shape index (κ2) is 10.1. The zero-order valence-corrected chi connectivity index (χ0v) is 22.3. The number of hydrogen-bond acceptors (Lipinski definition) is 7. The van der Waals surface area contributed by atoms with Crippen molar-refractivity contribution in [1.82, 2.24) is 4.90 Å². The van der Waals surface area contributed by atoms with E-state index in [1.807, 2.05) is 6.07 Å². The number of likely N-dealkylation sites (tertiary alicyclic amines) is 1. The minimum Gasteiger partial charge on any atom is -0.492 e. The first-order valence-corrected chi connectivity index (χ1v) is 13.1. The molecule has 1 saturated heterocycles. The largest absolute Gasteiger partial charge is 0.492 e. The standard InChI is InChI=1S/C28H28ClF3N2O5/c1-26(2)9-12-37-23-20(26)13-17(14-21(23)29)16-34-10-7-27(8-11-34)15-22(33-39-27)18-3-5-19(6-4-18)24(35)38-25(36)28(30,31)32/h3-6,13-14H,7-12,15-16H2,1-2H3. The number of oxime groups is 1. The van der Waals surface area contributed by atoms with Crippen molar-refractivity contribution in [3.8, 4) is 5.75 Å². The van der Waals surface area contributed by atoms with Gasteiger partial charge in [-0.3, -0.25) is 4.90 Å². The van der Waals surface area contributed by atoms with Crippen LogP contribution in [0.25, 0.3) is 0 Å². The average molecular weight is 565 g/mol. The number of carbonyl (C=O) groups is 2. The number of hydrogen-bond donors (Lipinski definition) is 0. The summed E-state index contributed by atoms with van der Waals surface area (Å²) in [6.07, 6.45) is -2.17.